The molecule has 2 bridgehead atoms. The molecular formula is C35H51N5O2. The first-order chi connectivity index (χ1) is 20.3. The Hall–Kier alpha value is -2.74. The van der Waals surface area contributed by atoms with Gasteiger partial charge < -0.3 is 9.80 Å². The molecule has 0 aliphatic carbocycles. The van der Waals surface area contributed by atoms with Crippen molar-refractivity contribution in [1.29, 1.82) is 0 Å². The Balaban J connectivity index is 1.46. The molecule has 2 saturated heterocycles. The van der Waals surface area contributed by atoms with Gasteiger partial charge in [0, 0.05) is 82.1 Å². The summed E-state index contributed by atoms with van der Waals surface area (Å²) in [6, 6.07) is 20.2. The Morgan fingerprint density at radius 3 is 2.21 bits per heavy atom. The van der Waals surface area contributed by atoms with E-state index in [9.17, 15) is 9.59 Å². The topological polar surface area (TPSA) is 50.3 Å². The molecule has 2 atom stereocenters. The molecule has 0 aromatic heterocycles. The summed E-state index contributed by atoms with van der Waals surface area (Å²) in [6.07, 6.45) is 4.31. The van der Waals surface area contributed by atoms with E-state index in [-0.39, 0.29) is 17.7 Å². The van der Waals surface area contributed by atoms with E-state index < -0.39 is 0 Å². The molecule has 2 aromatic carbocycles. The van der Waals surface area contributed by atoms with E-state index in [1.165, 1.54) is 5.56 Å². The molecule has 3 heterocycles. The van der Waals surface area contributed by atoms with Crippen molar-refractivity contribution in [2.24, 2.45) is 5.92 Å². The molecule has 2 amide bonds. The van der Waals surface area contributed by atoms with Crippen LogP contribution in [0.3, 0.4) is 0 Å². The van der Waals surface area contributed by atoms with Crippen LogP contribution in [0.25, 0.3) is 0 Å². The van der Waals surface area contributed by atoms with Crippen molar-refractivity contribution in [3.63, 3.8) is 0 Å². The van der Waals surface area contributed by atoms with Gasteiger partial charge in [-0.15, -0.1) is 0 Å². The van der Waals surface area contributed by atoms with Gasteiger partial charge in [0.1, 0.15) is 0 Å². The fourth-order valence-corrected chi connectivity index (χ4v) is 7.07. The predicted octanol–water partition coefficient (Wildman–Crippen LogP) is 4.86. The number of anilines is 1. The van der Waals surface area contributed by atoms with Crippen molar-refractivity contribution in [3.05, 3.63) is 65.7 Å². The van der Waals surface area contributed by atoms with Gasteiger partial charge in [0.05, 0.1) is 6.54 Å². The summed E-state index contributed by atoms with van der Waals surface area (Å²) >= 11 is 0. The lowest BCUT2D eigenvalue weighted by Gasteiger charge is -2.44. The maximum Gasteiger partial charge on any atom is 0.237 e. The molecule has 5 rings (SSSR count). The molecule has 2 unspecified atom stereocenters. The molecule has 7 nitrogen and oxygen atoms in total. The summed E-state index contributed by atoms with van der Waals surface area (Å²) in [4.78, 5) is 39.4. The number of fused-ring (bicyclic) bond motifs is 3. The number of nitrogens with zero attached hydrogens (tertiary/aromatic N) is 5. The van der Waals surface area contributed by atoms with Crippen LogP contribution < -0.4 is 4.90 Å². The zero-order valence-corrected chi connectivity index (χ0v) is 26.3. The number of benzene rings is 2. The minimum absolute atomic E-state index is 0.0926. The van der Waals surface area contributed by atoms with Crippen LogP contribution in [0.15, 0.2) is 54.6 Å². The van der Waals surface area contributed by atoms with E-state index in [4.69, 9.17) is 0 Å². The van der Waals surface area contributed by atoms with Crippen LogP contribution in [0, 0.1) is 5.92 Å². The highest BCUT2D eigenvalue weighted by atomic mass is 16.2. The number of piperidine rings is 1. The van der Waals surface area contributed by atoms with Crippen molar-refractivity contribution in [1.82, 2.24) is 19.6 Å². The standard InChI is InChI=1S/C35H51N5O2/c1-27(2)35(42)39-18-17-31-14-10-15-32(40(31)23-29-11-6-5-7-12-29)25-38(24-30-13-8-9-16-33(30)39)34(41)26-36-19-21-37(22-20-36)28(3)4/h5-9,11-13,16,27-28,31-32H,10,14-15,17-26H2,1-4H3. The lowest BCUT2D eigenvalue weighted by molar-refractivity contribution is -0.135. The van der Waals surface area contributed by atoms with E-state index >= 15 is 0 Å². The second-order valence-corrected chi connectivity index (χ2v) is 13.1. The Kier molecular flexibility index (Phi) is 10.3. The van der Waals surface area contributed by atoms with Crippen molar-refractivity contribution < 1.29 is 9.59 Å². The zero-order valence-electron chi connectivity index (χ0n) is 26.3. The van der Waals surface area contributed by atoms with Crippen molar-refractivity contribution >= 4 is 17.5 Å². The first-order valence-corrected chi connectivity index (χ1v) is 16.2. The zero-order chi connectivity index (χ0) is 29.6. The SMILES string of the molecule is CC(C)C(=O)N1CCC2CCCC(CN(C(=O)CN3CCN(C(C)C)CC3)Cc3ccccc31)N2Cc1ccccc1. The second-order valence-electron chi connectivity index (χ2n) is 13.1. The second kappa shape index (κ2) is 14.2. The molecule has 0 N–H and O–H groups in total. The highest BCUT2D eigenvalue weighted by molar-refractivity contribution is 5.95. The van der Waals surface area contributed by atoms with Gasteiger partial charge in [-0.05, 0) is 50.3 Å². The highest BCUT2D eigenvalue weighted by Gasteiger charge is 2.35. The number of hydrogen-bond acceptors (Lipinski definition) is 5. The van der Waals surface area contributed by atoms with Gasteiger partial charge in [0.2, 0.25) is 11.8 Å². The van der Waals surface area contributed by atoms with Crippen molar-refractivity contribution in [2.45, 2.75) is 84.6 Å². The van der Waals surface area contributed by atoms with Crippen molar-refractivity contribution in [3.8, 4) is 0 Å². The number of carbonyl (C=O) groups excluding carboxylic acids is 2. The Morgan fingerprint density at radius 2 is 1.50 bits per heavy atom. The molecule has 0 radical (unpaired) electrons. The van der Waals surface area contributed by atoms with Gasteiger partial charge in [-0.2, -0.15) is 0 Å². The normalized spacial score (nSPS) is 23.1. The van der Waals surface area contributed by atoms with E-state index in [1.54, 1.807) is 0 Å². The number of rotatable bonds is 6. The third-order valence-corrected chi connectivity index (χ3v) is 9.59. The van der Waals surface area contributed by atoms with Gasteiger partial charge in [-0.1, -0.05) is 68.8 Å². The average Bonchev–Trinajstić information content (AvgIpc) is 3.00. The Bertz CT molecular complexity index is 1180. The van der Waals surface area contributed by atoms with Gasteiger partial charge in [-0.25, -0.2) is 0 Å². The molecule has 0 saturated carbocycles. The Labute approximate surface area is 253 Å². The fourth-order valence-electron chi connectivity index (χ4n) is 7.07. The molecule has 228 valence electrons. The van der Waals surface area contributed by atoms with Gasteiger partial charge in [-0.3, -0.25) is 24.3 Å². The molecule has 0 spiro atoms. The maximum absolute atomic E-state index is 14.2. The van der Waals surface area contributed by atoms with Crippen LogP contribution in [0.2, 0.25) is 0 Å². The van der Waals surface area contributed by atoms with Crippen LogP contribution in [0.4, 0.5) is 5.69 Å². The van der Waals surface area contributed by atoms with E-state index in [1.807, 2.05) is 30.9 Å². The monoisotopic (exact) mass is 573 g/mol. The number of piperazine rings is 1. The molecule has 3 aliphatic rings. The summed E-state index contributed by atoms with van der Waals surface area (Å²) < 4.78 is 0. The lowest BCUT2D eigenvalue weighted by atomic mass is 9.92. The first kappa shape index (κ1) is 30.7. The predicted molar refractivity (Wildman–Crippen MR) is 170 cm³/mol. The van der Waals surface area contributed by atoms with E-state index in [0.29, 0.717) is 37.8 Å². The quantitative estimate of drug-likeness (QED) is 0.494. The molecule has 2 fully saturated rings. The minimum atomic E-state index is -0.0926. The smallest absolute Gasteiger partial charge is 0.237 e. The average molecular weight is 574 g/mol. The molecule has 3 aliphatic heterocycles. The first-order valence-electron chi connectivity index (χ1n) is 16.2. The van der Waals surface area contributed by atoms with Gasteiger partial charge in [0.25, 0.3) is 0 Å². The summed E-state index contributed by atoms with van der Waals surface area (Å²) in [7, 11) is 0. The lowest BCUT2D eigenvalue weighted by Crippen LogP contribution is -2.54. The summed E-state index contributed by atoms with van der Waals surface area (Å²) in [5.41, 5.74) is 3.34. The van der Waals surface area contributed by atoms with Gasteiger partial charge >= 0.3 is 0 Å². The van der Waals surface area contributed by atoms with Crippen LogP contribution in [0.1, 0.15) is 64.5 Å². The summed E-state index contributed by atoms with van der Waals surface area (Å²) in [5, 5.41) is 0. The van der Waals surface area contributed by atoms with E-state index in [2.05, 4.69) is 75.9 Å². The van der Waals surface area contributed by atoms with Crippen LogP contribution in [-0.2, 0) is 22.7 Å². The largest absolute Gasteiger partial charge is 0.336 e. The molecule has 2 aromatic rings. The Morgan fingerprint density at radius 1 is 0.810 bits per heavy atom. The highest BCUT2D eigenvalue weighted by Crippen LogP contribution is 2.32. The van der Waals surface area contributed by atoms with Crippen LogP contribution >= 0.6 is 0 Å². The summed E-state index contributed by atoms with van der Waals surface area (Å²) in [6.45, 7) is 15.6. The van der Waals surface area contributed by atoms with Crippen LogP contribution in [-0.4, -0.2) is 95.4 Å². The molecule has 42 heavy (non-hydrogen) atoms. The third-order valence-electron chi connectivity index (χ3n) is 9.59. The van der Waals surface area contributed by atoms with Gasteiger partial charge in [0.15, 0.2) is 0 Å². The number of carbonyl (C=O) groups is 2. The fraction of sp³-hybridized carbons (Fsp3) is 0.600. The number of para-hydroxylation sites is 1. The molecular weight excluding hydrogens is 522 g/mol. The van der Waals surface area contributed by atoms with Crippen LogP contribution in [0.5, 0.6) is 0 Å². The molecule has 7 heteroatoms. The minimum Gasteiger partial charge on any atom is -0.336 e. The maximum atomic E-state index is 14.2. The number of hydrogen-bond donors (Lipinski definition) is 0. The third kappa shape index (κ3) is 7.42. The summed E-state index contributed by atoms with van der Waals surface area (Å²) in [5.74, 6) is 0.264. The van der Waals surface area contributed by atoms with E-state index in [0.717, 1.165) is 76.2 Å². The van der Waals surface area contributed by atoms with Crippen molar-refractivity contribution in [2.75, 3.05) is 50.7 Å². The number of amides is 2.